The average Bonchev–Trinajstić information content (AvgIpc) is 2.85. The molecule has 116 valence electrons. The van der Waals surface area contributed by atoms with Gasteiger partial charge in [0.2, 0.25) is 5.91 Å². The SMILES string of the molecule is O=C1CCN(C(c2cccc3c(Br)cccc23)C(F)(F)F)N1. The summed E-state index contributed by atoms with van der Waals surface area (Å²) in [7, 11) is 0. The van der Waals surface area contributed by atoms with Gasteiger partial charge in [0.25, 0.3) is 0 Å². The summed E-state index contributed by atoms with van der Waals surface area (Å²) in [6.45, 7) is 0.0351. The maximum atomic E-state index is 13.6. The molecule has 0 radical (unpaired) electrons. The maximum absolute atomic E-state index is 13.6. The van der Waals surface area contributed by atoms with Crippen LogP contribution in [0.1, 0.15) is 18.0 Å². The van der Waals surface area contributed by atoms with Crippen molar-refractivity contribution in [1.82, 2.24) is 10.4 Å². The Morgan fingerprint density at radius 3 is 2.45 bits per heavy atom. The van der Waals surface area contributed by atoms with E-state index in [0.29, 0.717) is 10.8 Å². The van der Waals surface area contributed by atoms with Crippen molar-refractivity contribution in [1.29, 1.82) is 0 Å². The molecular formula is C15H12BrF3N2O. The van der Waals surface area contributed by atoms with Crippen molar-refractivity contribution < 1.29 is 18.0 Å². The summed E-state index contributed by atoms with van der Waals surface area (Å²) in [4.78, 5) is 11.3. The number of hydrogen-bond acceptors (Lipinski definition) is 2. The highest BCUT2D eigenvalue weighted by Gasteiger charge is 2.47. The van der Waals surface area contributed by atoms with Crippen molar-refractivity contribution in [3.63, 3.8) is 0 Å². The van der Waals surface area contributed by atoms with E-state index in [9.17, 15) is 18.0 Å². The van der Waals surface area contributed by atoms with Crippen LogP contribution in [0.25, 0.3) is 10.8 Å². The first-order chi connectivity index (χ1) is 10.4. The van der Waals surface area contributed by atoms with Crippen LogP contribution in [0, 0.1) is 0 Å². The largest absolute Gasteiger partial charge is 0.409 e. The van der Waals surface area contributed by atoms with E-state index in [1.165, 1.54) is 6.07 Å². The number of nitrogens with one attached hydrogen (secondary N) is 1. The van der Waals surface area contributed by atoms with Crippen LogP contribution in [0.15, 0.2) is 40.9 Å². The van der Waals surface area contributed by atoms with E-state index in [-0.39, 0.29) is 18.5 Å². The summed E-state index contributed by atoms with van der Waals surface area (Å²) in [6.07, 6.45) is -4.42. The summed E-state index contributed by atoms with van der Waals surface area (Å²) >= 11 is 3.36. The molecule has 1 atom stereocenters. The molecule has 2 aromatic carbocycles. The average molecular weight is 373 g/mol. The third-order valence-corrected chi connectivity index (χ3v) is 4.36. The van der Waals surface area contributed by atoms with Crippen LogP contribution in [0.3, 0.4) is 0 Å². The molecule has 1 fully saturated rings. The van der Waals surface area contributed by atoms with E-state index in [4.69, 9.17) is 0 Å². The zero-order valence-corrected chi connectivity index (χ0v) is 12.9. The number of rotatable bonds is 2. The molecule has 2 aromatic rings. The van der Waals surface area contributed by atoms with Crippen molar-refractivity contribution in [2.75, 3.05) is 6.54 Å². The molecule has 0 aliphatic carbocycles. The lowest BCUT2D eigenvalue weighted by Gasteiger charge is -2.30. The second-order valence-electron chi connectivity index (χ2n) is 5.10. The van der Waals surface area contributed by atoms with E-state index < -0.39 is 18.1 Å². The van der Waals surface area contributed by atoms with Crippen LogP contribution >= 0.6 is 15.9 Å². The molecule has 7 heteroatoms. The van der Waals surface area contributed by atoms with Crippen molar-refractivity contribution >= 4 is 32.6 Å². The van der Waals surface area contributed by atoms with Crippen LogP contribution in [-0.4, -0.2) is 23.6 Å². The molecule has 1 aliphatic heterocycles. The van der Waals surface area contributed by atoms with Crippen molar-refractivity contribution in [2.45, 2.75) is 18.6 Å². The first-order valence-electron chi connectivity index (χ1n) is 6.68. The highest BCUT2D eigenvalue weighted by molar-refractivity contribution is 9.10. The summed E-state index contributed by atoms with van der Waals surface area (Å²) in [5.41, 5.74) is 2.43. The van der Waals surface area contributed by atoms with Gasteiger partial charge >= 0.3 is 6.18 Å². The Hall–Kier alpha value is -1.60. The fourth-order valence-electron chi connectivity index (χ4n) is 2.74. The second kappa shape index (κ2) is 5.55. The Balaban J connectivity index is 2.17. The first kappa shape index (κ1) is 15.3. The lowest BCUT2D eigenvalue weighted by atomic mass is 9.98. The molecule has 0 bridgehead atoms. The van der Waals surface area contributed by atoms with Crippen LogP contribution in [-0.2, 0) is 4.79 Å². The van der Waals surface area contributed by atoms with Crippen molar-refractivity contribution in [2.24, 2.45) is 0 Å². The van der Waals surface area contributed by atoms with Crippen LogP contribution in [0.5, 0.6) is 0 Å². The monoisotopic (exact) mass is 372 g/mol. The van der Waals surface area contributed by atoms with Gasteiger partial charge in [0.1, 0.15) is 0 Å². The Kier molecular flexibility index (Phi) is 3.86. The van der Waals surface area contributed by atoms with Gasteiger partial charge in [-0.25, -0.2) is 5.01 Å². The van der Waals surface area contributed by atoms with Crippen LogP contribution in [0.2, 0.25) is 0 Å². The summed E-state index contributed by atoms with van der Waals surface area (Å²) in [5.74, 6) is -0.393. The molecule has 0 aromatic heterocycles. The number of carbonyl (C=O) groups excluding carboxylic acids is 1. The predicted octanol–water partition coefficient (Wildman–Crippen LogP) is 3.94. The summed E-state index contributed by atoms with van der Waals surface area (Å²) in [5, 5.41) is 2.19. The third kappa shape index (κ3) is 2.70. The highest BCUT2D eigenvalue weighted by atomic mass is 79.9. The molecule has 1 saturated heterocycles. The molecule has 3 rings (SSSR count). The number of fused-ring (bicyclic) bond motifs is 1. The van der Waals surface area contributed by atoms with Gasteiger partial charge in [0.05, 0.1) is 0 Å². The Bertz CT molecular complexity index is 732. The smallest absolute Gasteiger partial charge is 0.288 e. The maximum Gasteiger partial charge on any atom is 0.409 e. The van der Waals surface area contributed by atoms with Gasteiger partial charge in [-0.05, 0) is 22.4 Å². The number of carbonyl (C=O) groups is 1. The molecule has 3 nitrogen and oxygen atoms in total. The van der Waals surface area contributed by atoms with Crippen molar-refractivity contribution in [3.05, 3.63) is 46.4 Å². The van der Waals surface area contributed by atoms with E-state index in [0.717, 1.165) is 9.48 Å². The van der Waals surface area contributed by atoms with Gasteiger partial charge in [0.15, 0.2) is 6.04 Å². The number of halogens is 4. The zero-order chi connectivity index (χ0) is 15.9. The fraction of sp³-hybridized carbons (Fsp3) is 0.267. The lowest BCUT2D eigenvalue weighted by molar-refractivity contribution is -0.190. The standard InChI is InChI=1S/C15H12BrF3N2O/c16-12-6-2-3-9-10(12)4-1-5-11(9)14(15(17,18)19)21-8-7-13(22)20-21/h1-6,14H,7-8H2,(H,20,22). The van der Waals surface area contributed by atoms with Gasteiger partial charge < -0.3 is 0 Å². The van der Waals surface area contributed by atoms with Crippen LogP contribution in [0.4, 0.5) is 13.2 Å². The molecule has 1 aliphatic rings. The molecule has 1 heterocycles. The number of hydrazine groups is 1. The van der Waals surface area contributed by atoms with Gasteiger partial charge in [-0.3, -0.25) is 10.2 Å². The van der Waals surface area contributed by atoms with Gasteiger partial charge in [0, 0.05) is 17.4 Å². The minimum atomic E-state index is -4.49. The van der Waals surface area contributed by atoms with Crippen LogP contribution < -0.4 is 5.43 Å². The number of amides is 1. The predicted molar refractivity (Wildman–Crippen MR) is 79.9 cm³/mol. The molecule has 1 unspecified atom stereocenters. The summed E-state index contributed by atoms with van der Waals surface area (Å²) in [6, 6.07) is 8.09. The van der Waals surface area contributed by atoms with Crippen molar-refractivity contribution in [3.8, 4) is 0 Å². The normalized spacial score (nSPS) is 17.7. The Labute approximate surface area is 133 Å². The van der Waals surface area contributed by atoms with E-state index in [1.54, 1.807) is 30.3 Å². The minimum Gasteiger partial charge on any atom is -0.288 e. The third-order valence-electron chi connectivity index (χ3n) is 3.67. The topological polar surface area (TPSA) is 32.3 Å². The number of alkyl halides is 3. The minimum absolute atomic E-state index is 0.0351. The van der Waals surface area contributed by atoms with E-state index in [1.807, 2.05) is 0 Å². The second-order valence-corrected chi connectivity index (χ2v) is 5.96. The zero-order valence-electron chi connectivity index (χ0n) is 11.3. The van der Waals surface area contributed by atoms with Gasteiger partial charge in [-0.15, -0.1) is 0 Å². The van der Waals surface area contributed by atoms with E-state index in [2.05, 4.69) is 21.4 Å². The number of nitrogens with zero attached hydrogens (tertiary/aromatic N) is 1. The quantitative estimate of drug-likeness (QED) is 0.865. The van der Waals surface area contributed by atoms with Gasteiger partial charge in [-0.2, -0.15) is 13.2 Å². The van der Waals surface area contributed by atoms with Gasteiger partial charge in [-0.1, -0.05) is 46.3 Å². The number of benzene rings is 2. The molecule has 1 N–H and O–H groups in total. The molecular weight excluding hydrogens is 361 g/mol. The number of hydrogen-bond donors (Lipinski definition) is 1. The lowest BCUT2D eigenvalue weighted by Crippen LogP contribution is -2.43. The first-order valence-corrected chi connectivity index (χ1v) is 7.47. The Morgan fingerprint density at radius 1 is 1.14 bits per heavy atom. The molecule has 0 spiro atoms. The van der Waals surface area contributed by atoms with E-state index >= 15 is 0 Å². The molecule has 0 saturated carbocycles. The molecule has 1 amide bonds. The fourth-order valence-corrected chi connectivity index (χ4v) is 3.24. The Morgan fingerprint density at radius 2 is 1.82 bits per heavy atom. The molecule has 22 heavy (non-hydrogen) atoms. The highest BCUT2D eigenvalue weighted by Crippen LogP contribution is 2.41. The summed E-state index contributed by atoms with van der Waals surface area (Å²) < 4.78 is 41.6.